The van der Waals surface area contributed by atoms with Crippen LogP contribution < -0.4 is 14.2 Å². The summed E-state index contributed by atoms with van der Waals surface area (Å²) >= 11 is 4.24. The van der Waals surface area contributed by atoms with Crippen LogP contribution in [0.5, 0.6) is 17.2 Å². The zero-order chi connectivity index (χ0) is 31.6. The highest BCUT2D eigenvalue weighted by Crippen LogP contribution is 2.34. The predicted molar refractivity (Wildman–Crippen MR) is 180 cm³/mol. The van der Waals surface area contributed by atoms with Gasteiger partial charge in [0.05, 0.1) is 23.2 Å². The third kappa shape index (κ3) is 12.1. The van der Waals surface area contributed by atoms with Crippen LogP contribution in [0, 0.1) is 10.1 Å². The maximum atomic E-state index is 12.7. The molecule has 0 unspecified atom stereocenters. The first kappa shape index (κ1) is 34.7. The fraction of sp³-hybridized carbons (Fsp3) is 0.417. The minimum atomic E-state index is -0.474. The van der Waals surface area contributed by atoms with E-state index in [0.29, 0.717) is 23.5 Å². The first-order valence-electron chi connectivity index (χ1n) is 15.6. The van der Waals surface area contributed by atoms with Crippen LogP contribution in [-0.4, -0.2) is 29.4 Å². The second kappa shape index (κ2) is 19.5. The van der Waals surface area contributed by atoms with E-state index in [1.165, 1.54) is 38.2 Å². The molecule has 0 saturated carbocycles. The number of benzene rings is 3. The van der Waals surface area contributed by atoms with Gasteiger partial charge >= 0.3 is 11.7 Å². The summed E-state index contributed by atoms with van der Waals surface area (Å²) in [6, 6.07) is 18.8. The van der Waals surface area contributed by atoms with Crippen LogP contribution in [0.4, 0.5) is 5.69 Å². The predicted octanol–water partition coefficient (Wildman–Crippen LogP) is 10.0. The molecule has 0 heterocycles. The number of hydrogen-bond acceptors (Lipinski definition) is 7. The number of allylic oxidation sites excluding steroid dienone is 1. The molecule has 8 heteroatoms. The Hall–Kier alpha value is -3.78. The van der Waals surface area contributed by atoms with Gasteiger partial charge in [-0.2, -0.15) is 12.6 Å². The van der Waals surface area contributed by atoms with E-state index in [1.54, 1.807) is 60.7 Å². The Bertz CT molecular complexity index is 1310. The Morgan fingerprint density at radius 3 is 2.16 bits per heavy atom. The standard InChI is InChI=1S/C36H45NO6S/c1-3-4-5-11-14-28(2)42-35-24-19-31(27-34(35)37(39)40)29-15-22-33(23-16-29)43-36(38)30-17-20-32(21-18-30)41-25-12-9-7-6-8-10-13-26-44/h3,15-24,27-28,44H,1,4-14,25-26H2,2H3/t28-/m0/s1. The van der Waals surface area contributed by atoms with E-state index >= 15 is 0 Å². The van der Waals surface area contributed by atoms with Crippen molar-refractivity contribution in [2.75, 3.05) is 12.4 Å². The molecule has 236 valence electrons. The molecule has 0 spiro atoms. The molecule has 0 aromatic heterocycles. The van der Waals surface area contributed by atoms with Gasteiger partial charge in [-0.25, -0.2) is 4.79 Å². The van der Waals surface area contributed by atoms with E-state index in [-0.39, 0.29) is 17.5 Å². The van der Waals surface area contributed by atoms with E-state index in [2.05, 4.69) is 19.2 Å². The number of thiol groups is 1. The smallest absolute Gasteiger partial charge is 0.343 e. The molecule has 0 aliphatic rings. The summed E-state index contributed by atoms with van der Waals surface area (Å²) in [5.41, 5.74) is 1.76. The average Bonchev–Trinajstić information content (AvgIpc) is 3.03. The third-order valence-electron chi connectivity index (χ3n) is 7.31. The molecule has 0 aliphatic heterocycles. The fourth-order valence-corrected chi connectivity index (χ4v) is 5.02. The van der Waals surface area contributed by atoms with Gasteiger partial charge in [-0.15, -0.1) is 6.58 Å². The van der Waals surface area contributed by atoms with Crippen molar-refractivity contribution < 1.29 is 23.9 Å². The van der Waals surface area contributed by atoms with E-state index in [0.717, 1.165) is 55.6 Å². The van der Waals surface area contributed by atoms with Crippen LogP contribution in [0.1, 0.15) is 87.9 Å². The average molecular weight is 620 g/mol. The number of unbranched alkanes of at least 4 members (excludes halogenated alkanes) is 8. The topological polar surface area (TPSA) is 87.9 Å². The minimum absolute atomic E-state index is 0.0844. The summed E-state index contributed by atoms with van der Waals surface area (Å²) in [7, 11) is 0. The zero-order valence-electron chi connectivity index (χ0n) is 25.7. The number of carbonyl (C=O) groups is 1. The molecular weight excluding hydrogens is 574 g/mol. The number of esters is 1. The SMILES string of the molecule is C=CCCCC[C@H](C)Oc1ccc(-c2ccc(OC(=O)c3ccc(OCCCCCCCCCS)cc3)cc2)cc1[N+](=O)[O-]. The van der Waals surface area contributed by atoms with E-state index in [4.69, 9.17) is 14.2 Å². The lowest BCUT2D eigenvalue weighted by Crippen LogP contribution is -2.12. The van der Waals surface area contributed by atoms with Crippen molar-refractivity contribution in [1.82, 2.24) is 0 Å². The van der Waals surface area contributed by atoms with Gasteiger partial charge in [0.1, 0.15) is 11.5 Å². The molecule has 0 amide bonds. The first-order chi connectivity index (χ1) is 21.4. The van der Waals surface area contributed by atoms with Gasteiger partial charge in [-0.1, -0.05) is 56.4 Å². The minimum Gasteiger partial charge on any atom is -0.494 e. The molecule has 0 fully saturated rings. The highest BCUT2D eigenvalue weighted by atomic mass is 32.1. The van der Waals surface area contributed by atoms with Crippen LogP contribution in [0.25, 0.3) is 11.1 Å². The number of hydrogen-bond donors (Lipinski definition) is 1. The van der Waals surface area contributed by atoms with Gasteiger partial charge in [0.15, 0.2) is 5.75 Å². The normalized spacial score (nSPS) is 11.5. The van der Waals surface area contributed by atoms with Gasteiger partial charge in [-0.05, 0) is 105 Å². The molecule has 3 aromatic rings. The van der Waals surface area contributed by atoms with Crippen molar-refractivity contribution in [3.63, 3.8) is 0 Å². The molecule has 0 saturated heterocycles. The quantitative estimate of drug-likeness (QED) is 0.0243. The maximum absolute atomic E-state index is 12.7. The number of rotatable bonds is 21. The van der Waals surface area contributed by atoms with Gasteiger partial charge in [-0.3, -0.25) is 10.1 Å². The fourth-order valence-electron chi connectivity index (χ4n) is 4.79. The molecule has 3 aromatic carbocycles. The van der Waals surface area contributed by atoms with Crippen molar-refractivity contribution in [1.29, 1.82) is 0 Å². The van der Waals surface area contributed by atoms with E-state index in [1.807, 2.05) is 13.0 Å². The molecule has 0 radical (unpaired) electrons. The number of ether oxygens (including phenoxy) is 3. The van der Waals surface area contributed by atoms with Gasteiger partial charge in [0, 0.05) is 6.07 Å². The van der Waals surface area contributed by atoms with Crippen molar-refractivity contribution in [2.45, 2.75) is 83.7 Å². The number of nitro benzene ring substituents is 1. The summed E-state index contributed by atoms with van der Waals surface area (Å²) in [5, 5.41) is 11.8. The Kier molecular flexibility index (Phi) is 15.4. The lowest BCUT2D eigenvalue weighted by atomic mass is 10.0. The Labute approximate surface area is 267 Å². The third-order valence-corrected chi connectivity index (χ3v) is 7.63. The second-order valence-electron chi connectivity index (χ2n) is 10.9. The first-order valence-corrected chi connectivity index (χ1v) is 16.3. The van der Waals surface area contributed by atoms with Crippen LogP contribution in [0.15, 0.2) is 79.4 Å². The zero-order valence-corrected chi connectivity index (χ0v) is 26.6. The Morgan fingerprint density at radius 2 is 1.50 bits per heavy atom. The summed E-state index contributed by atoms with van der Waals surface area (Å²) < 4.78 is 17.3. The lowest BCUT2D eigenvalue weighted by Gasteiger charge is -2.15. The number of nitrogens with zero attached hydrogens (tertiary/aromatic N) is 1. The monoisotopic (exact) mass is 619 g/mol. The highest BCUT2D eigenvalue weighted by Gasteiger charge is 2.19. The van der Waals surface area contributed by atoms with Gasteiger partial charge in [0.25, 0.3) is 0 Å². The highest BCUT2D eigenvalue weighted by molar-refractivity contribution is 7.80. The van der Waals surface area contributed by atoms with Crippen molar-refractivity contribution in [3.8, 4) is 28.4 Å². The summed E-state index contributed by atoms with van der Waals surface area (Å²) in [6.45, 7) is 6.30. The number of carbonyl (C=O) groups excluding carboxylic acids is 1. The van der Waals surface area contributed by atoms with Crippen LogP contribution >= 0.6 is 12.6 Å². The molecule has 0 aliphatic carbocycles. The second-order valence-corrected chi connectivity index (χ2v) is 11.4. The van der Waals surface area contributed by atoms with E-state index < -0.39 is 10.9 Å². The van der Waals surface area contributed by atoms with Crippen molar-refractivity contribution >= 4 is 24.3 Å². The van der Waals surface area contributed by atoms with Crippen molar-refractivity contribution in [3.05, 3.63) is 95.1 Å². The molecule has 44 heavy (non-hydrogen) atoms. The Balaban J connectivity index is 1.49. The summed E-state index contributed by atoms with van der Waals surface area (Å²) in [5.74, 6) is 1.85. The lowest BCUT2D eigenvalue weighted by molar-refractivity contribution is -0.386. The van der Waals surface area contributed by atoms with Gasteiger partial charge < -0.3 is 14.2 Å². The molecule has 1 atom stereocenters. The van der Waals surface area contributed by atoms with E-state index in [9.17, 15) is 14.9 Å². The van der Waals surface area contributed by atoms with Gasteiger partial charge in [0.2, 0.25) is 0 Å². The summed E-state index contributed by atoms with van der Waals surface area (Å²) in [4.78, 5) is 24.1. The Morgan fingerprint density at radius 1 is 0.864 bits per heavy atom. The van der Waals surface area contributed by atoms with Crippen molar-refractivity contribution in [2.24, 2.45) is 0 Å². The molecule has 7 nitrogen and oxygen atoms in total. The maximum Gasteiger partial charge on any atom is 0.343 e. The molecule has 0 bridgehead atoms. The molecule has 0 N–H and O–H groups in total. The molecule has 3 rings (SSSR count). The largest absolute Gasteiger partial charge is 0.494 e. The van der Waals surface area contributed by atoms with Crippen LogP contribution in [0.3, 0.4) is 0 Å². The van der Waals surface area contributed by atoms with Crippen LogP contribution in [-0.2, 0) is 0 Å². The van der Waals surface area contributed by atoms with Crippen LogP contribution in [0.2, 0.25) is 0 Å². The summed E-state index contributed by atoms with van der Waals surface area (Å²) in [6.07, 6.45) is 13.8. The molecular formula is C36H45NO6S. The number of nitro groups is 1.